The first-order valence-corrected chi connectivity index (χ1v) is 7.76. The lowest BCUT2D eigenvalue weighted by Crippen LogP contribution is -2.36. The molecule has 0 saturated heterocycles. The van der Waals surface area contributed by atoms with E-state index >= 15 is 0 Å². The fraction of sp³-hybridized carbons (Fsp3) is 0.176. The van der Waals surface area contributed by atoms with Gasteiger partial charge in [-0.15, -0.1) is 0 Å². The van der Waals surface area contributed by atoms with Gasteiger partial charge in [0.1, 0.15) is 11.3 Å². The maximum Gasteiger partial charge on any atom is 0.332 e. The van der Waals surface area contributed by atoms with E-state index in [0.29, 0.717) is 23.4 Å². The molecule has 26 heavy (non-hydrogen) atoms. The van der Waals surface area contributed by atoms with Crippen molar-refractivity contribution in [3.05, 3.63) is 68.1 Å². The first-order valence-electron chi connectivity index (χ1n) is 7.76. The summed E-state index contributed by atoms with van der Waals surface area (Å²) in [6.45, 7) is 0. The molecular formula is C17H17N5O4. The van der Waals surface area contributed by atoms with Crippen LogP contribution in [0, 0.1) is 0 Å². The van der Waals surface area contributed by atoms with Crippen LogP contribution in [-0.2, 0) is 25.3 Å². The van der Waals surface area contributed by atoms with Crippen LogP contribution in [0.5, 0.6) is 0 Å². The monoisotopic (exact) mass is 355 g/mol. The number of hydrogen-bond acceptors (Lipinski definition) is 5. The number of nitrogens with one attached hydrogen (secondary N) is 2. The summed E-state index contributed by atoms with van der Waals surface area (Å²) in [6.07, 6.45) is 3.23. The van der Waals surface area contributed by atoms with Crippen molar-refractivity contribution in [3.63, 3.8) is 0 Å². The second-order valence-electron chi connectivity index (χ2n) is 5.82. The third-order valence-electron chi connectivity index (χ3n) is 4.03. The number of fused-ring (bicyclic) bond motifs is 1. The van der Waals surface area contributed by atoms with Gasteiger partial charge in [0.05, 0.1) is 0 Å². The molecule has 134 valence electrons. The van der Waals surface area contributed by atoms with Crippen LogP contribution in [0.2, 0.25) is 0 Å². The number of hydroxylamine groups is 1. The molecule has 9 heteroatoms. The molecule has 0 unspecified atom stereocenters. The molecule has 3 aromatic rings. The minimum Gasteiger partial charge on any atom is -0.336 e. The van der Waals surface area contributed by atoms with Crippen LogP contribution in [0.25, 0.3) is 17.2 Å². The molecule has 0 saturated carbocycles. The Kier molecular flexibility index (Phi) is 4.55. The van der Waals surface area contributed by atoms with Crippen LogP contribution >= 0.6 is 0 Å². The maximum atomic E-state index is 12.2. The van der Waals surface area contributed by atoms with Gasteiger partial charge >= 0.3 is 5.69 Å². The zero-order valence-electron chi connectivity index (χ0n) is 14.2. The molecule has 0 aliphatic heterocycles. The Balaban J connectivity index is 1.88. The molecule has 3 rings (SSSR count). The highest BCUT2D eigenvalue weighted by Gasteiger charge is 2.13. The van der Waals surface area contributed by atoms with Gasteiger partial charge < -0.3 is 4.98 Å². The van der Waals surface area contributed by atoms with Crippen LogP contribution in [0.3, 0.4) is 0 Å². The summed E-state index contributed by atoms with van der Waals surface area (Å²) < 4.78 is 2.37. The van der Waals surface area contributed by atoms with Gasteiger partial charge in [0.15, 0.2) is 5.65 Å². The third kappa shape index (κ3) is 3.20. The van der Waals surface area contributed by atoms with Crippen molar-refractivity contribution in [2.75, 3.05) is 0 Å². The maximum absolute atomic E-state index is 12.2. The zero-order valence-corrected chi connectivity index (χ0v) is 14.2. The van der Waals surface area contributed by atoms with Crippen LogP contribution in [0.1, 0.15) is 17.0 Å². The second-order valence-corrected chi connectivity index (χ2v) is 5.82. The summed E-state index contributed by atoms with van der Waals surface area (Å²) in [7, 11) is 2.99. The van der Waals surface area contributed by atoms with Gasteiger partial charge in [0, 0.05) is 26.6 Å². The van der Waals surface area contributed by atoms with Gasteiger partial charge in [-0.25, -0.2) is 15.3 Å². The summed E-state index contributed by atoms with van der Waals surface area (Å²) in [4.78, 5) is 42.5. The van der Waals surface area contributed by atoms with E-state index in [-0.39, 0.29) is 0 Å². The molecule has 2 heterocycles. The molecule has 0 spiro atoms. The highest BCUT2D eigenvalue weighted by atomic mass is 16.5. The lowest BCUT2D eigenvalue weighted by molar-refractivity contribution is -0.124. The zero-order chi connectivity index (χ0) is 18.8. The fourth-order valence-electron chi connectivity index (χ4n) is 2.61. The van der Waals surface area contributed by atoms with Gasteiger partial charge in [0.25, 0.3) is 11.5 Å². The molecule has 0 bridgehead atoms. The Labute approximate surface area is 147 Å². The van der Waals surface area contributed by atoms with Crippen molar-refractivity contribution in [2.24, 2.45) is 14.1 Å². The largest absolute Gasteiger partial charge is 0.336 e. The van der Waals surface area contributed by atoms with Crippen LogP contribution in [0.15, 0.2) is 39.9 Å². The molecule has 0 atom stereocenters. The second kappa shape index (κ2) is 6.81. The predicted molar refractivity (Wildman–Crippen MR) is 94.8 cm³/mol. The molecule has 1 amide bonds. The summed E-state index contributed by atoms with van der Waals surface area (Å²) >= 11 is 0. The normalized spacial score (nSPS) is 11.3. The quantitative estimate of drug-likeness (QED) is 0.347. The molecule has 9 nitrogen and oxygen atoms in total. The Hall–Kier alpha value is -3.46. The number of H-pyrrole nitrogens is 1. The predicted octanol–water partition coefficient (Wildman–Crippen LogP) is 0.0697. The fourth-order valence-corrected chi connectivity index (χ4v) is 2.61. The molecule has 0 aliphatic carbocycles. The van der Waals surface area contributed by atoms with Crippen LogP contribution in [0.4, 0.5) is 0 Å². The number of amides is 1. The Morgan fingerprint density at radius 3 is 2.58 bits per heavy atom. The van der Waals surface area contributed by atoms with E-state index < -0.39 is 17.2 Å². The van der Waals surface area contributed by atoms with Crippen molar-refractivity contribution in [3.8, 4) is 0 Å². The first-order chi connectivity index (χ1) is 12.4. The van der Waals surface area contributed by atoms with E-state index in [1.807, 2.05) is 24.3 Å². The van der Waals surface area contributed by atoms with E-state index in [2.05, 4.69) is 9.97 Å². The van der Waals surface area contributed by atoms with Crippen molar-refractivity contribution in [2.45, 2.75) is 6.42 Å². The number of imidazole rings is 1. The smallest absolute Gasteiger partial charge is 0.332 e. The molecule has 0 radical (unpaired) electrons. The summed E-state index contributed by atoms with van der Waals surface area (Å²) in [5.41, 5.74) is 3.02. The van der Waals surface area contributed by atoms with Crippen molar-refractivity contribution < 1.29 is 10.0 Å². The van der Waals surface area contributed by atoms with E-state index in [1.54, 1.807) is 13.1 Å². The number of aromatic amines is 1. The first kappa shape index (κ1) is 17.4. The van der Waals surface area contributed by atoms with E-state index in [0.717, 1.165) is 15.7 Å². The number of carbonyl (C=O) groups is 1. The van der Waals surface area contributed by atoms with Crippen molar-refractivity contribution >= 4 is 23.1 Å². The summed E-state index contributed by atoms with van der Waals surface area (Å²) in [6, 6.07) is 7.35. The number of nitrogens with zero attached hydrogens (tertiary/aromatic N) is 3. The summed E-state index contributed by atoms with van der Waals surface area (Å²) in [5, 5.41) is 8.45. The molecule has 3 N–H and O–H groups in total. The third-order valence-corrected chi connectivity index (χ3v) is 4.03. The Morgan fingerprint density at radius 2 is 1.92 bits per heavy atom. The molecule has 0 aliphatic rings. The van der Waals surface area contributed by atoms with E-state index in [4.69, 9.17) is 5.21 Å². The number of aromatic nitrogens is 4. The average molecular weight is 355 g/mol. The van der Waals surface area contributed by atoms with Gasteiger partial charge in [-0.2, -0.15) is 0 Å². The number of rotatable bonds is 4. The molecule has 0 fully saturated rings. The summed E-state index contributed by atoms with van der Waals surface area (Å²) in [5.74, 6) is -0.0372. The van der Waals surface area contributed by atoms with Gasteiger partial charge in [-0.1, -0.05) is 24.3 Å². The Bertz CT molecular complexity index is 1120. The topological polar surface area (TPSA) is 122 Å². The standard InChI is InChI=1S/C17H17N5O4/c1-21-15-14(16(24)22(2)17(21)25)18-12(19-15)9-11-5-3-10(4-6-11)7-8-13(23)20-26/h3-8,26H,9H2,1-2H3,(H,18,19)(H,20,23). The minimum absolute atomic E-state index is 0.291. The van der Waals surface area contributed by atoms with Gasteiger partial charge in [-0.3, -0.25) is 23.9 Å². The number of hydrogen-bond donors (Lipinski definition) is 3. The van der Waals surface area contributed by atoms with Crippen molar-refractivity contribution in [1.29, 1.82) is 0 Å². The van der Waals surface area contributed by atoms with E-state index in [1.165, 1.54) is 23.2 Å². The average Bonchev–Trinajstić information content (AvgIpc) is 3.07. The molecule has 1 aromatic carbocycles. The number of benzene rings is 1. The van der Waals surface area contributed by atoms with Crippen LogP contribution in [-0.4, -0.2) is 30.2 Å². The van der Waals surface area contributed by atoms with Crippen LogP contribution < -0.4 is 16.7 Å². The highest BCUT2D eigenvalue weighted by Crippen LogP contribution is 2.12. The lowest BCUT2D eigenvalue weighted by Gasteiger charge is -2.00. The Morgan fingerprint density at radius 1 is 1.23 bits per heavy atom. The lowest BCUT2D eigenvalue weighted by atomic mass is 10.1. The number of aryl methyl sites for hydroxylation is 1. The van der Waals surface area contributed by atoms with Gasteiger partial charge in [0.2, 0.25) is 0 Å². The number of carbonyl (C=O) groups excluding carboxylic acids is 1. The minimum atomic E-state index is -0.608. The SMILES string of the molecule is Cn1c(=O)c2[nH]c(Cc3ccc(C=CC(=O)NO)cc3)nc2n(C)c1=O. The molecule has 2 aromatic heterocycles. The highest BCUT2D eigenvalue weighted by molar-refractivity contribution is 5.90. The molecular weight excluding hydrogens is 338 g/mol. The van der Waals surface area contributed by atoms with Crippen molar-refractivity contribution in [1.82, 2.24) is 24.6 Å². The van der Waals surface area contributed by atoms with E-state index in [9.17, 15) is 14.4 Å². The van der Waals surface area contributed by atoms with Gasteiger partial charge in [-0.05, 0) is 17.2 Å².